The monoisotopic (exact) mass is 804 g/mol. The topological polar surface area (TPSA) is 93.2 Å². The van der Waals surface area contributed by atoms with E-state index < -0.39 is 128 Å². The highest BCUT2D eigenvalue weighted by molar-refractivity contribution is 6.23. The van der Waals surface area contributed by atoms with Crippen LogP contribution in [0.4, 0.5) is 46.5 Å². The maximum atomic E-state index is 15.6. The predicted molar refractivity (Wildman–Crippen MR) is 185 cm³/mol. The molecule has 2 saturated heterocycles. The summed E-state index contributed by atoms with van der Waals surface area (Å²) in [6.45, 7) is 0. The average molecular weight is 805 g/mol. The number of rotatable bonds is 7. The van der Waals surface area contributed by atoms with Gasteiger partial charge in [0.25, 0.3) is 0 Å². The van der Waals surface area contributed by atoms with Gasteiger partial charge in [-0.2, -0.15) is 17.6 Å². The number of hydrogen-bond donors (Lipinski definition) is 0. The van der Waals surface area contributed by atoms with Crippen LogP contribution in [0.25, 0.3) is 11.1 Å². The van der Waals surface area contributed by atoms with E-state index in [2.05, 4.69) is 0 Å². The Morgan fingerprint density at radius 3 is 1.02 bits per heavy atom. The zero-order valence-corrected chi connectivity index (χ0v) is 29.3. The molecule has 0 spiro atoms. The molecule has 4 aromatic carbocycles. The Morgan fingerprint density at radius 2 is 0.724 bits per heavy atom. The molecule has 4 fully saturated rings. The van der Waals surface area contributed by atoms with Gasteiger partial charge in [0.1, 0.15) is 11.5 Å². The van der Waals surface area contributed by atoms with Crippen molar-refractivity contribution in [1.82, 2.24) is 0 Å². The van der Waals surface area contributed by atoms with Crippen LogP contribution in [0.3, 0.4) is 0 Å². The Bertz CT molecular complexity index is 2350. The van der Waals surface area contributed by atoms with Crippen LogP contribution in [-0.4, -0.2) is 23.6 Å². The maximum absolute atomic E-state index is 15.6. The molecule has 0 unspecified atom stereocenters. The third-order valence-electron chi connectivity index (χ3n) is 12.2. The van der Waals surface area contributed by atoms with Crippen LogP contribution in [0.5, 0.6) is 23.0 Å². The molecule has 4 bridgehead atoms. The normalized spacial score (nSPS) is 27.4. The molecule has 10 rings (SSSR count). The summed E-state index contributed by atoms with van der Waals surface area (Å²) in [5.41, 5.74) is -4.43. The molecule has 4 amide bonds. The van der Waals surface area contributed by atoms with Crippen LogP contribution < -0.4 is 19.3 Å². The molecule has 4 aliphatic carbocycles. The van der Waals surface area contributed by atoms with Crippen LogP contribution in [-0.2, 0) is 19.2 Å². The zero-order chi connectivity index (χ0) is 40.6. The molecule has 8 nitrogen and oxygen atoms in total. The standard InChI is InChI=1S/C42H24F8N2O6/c43-29-27(30(44)34(48)37(33(29)47)57-21-5-1-3-19(13-21)51-39(53)23-15-7-8-16(11-15)24(23)40(51)54)28-31(45)35(49)38(36(50)32(28)46)58-22-6-2-4-20(14-22)52-41(55)25-17-9-10-18(12-17)26(25)42(52)56/h1-10,13-18,23-26H,11-12H2/t15-,16-,17-,18+,23-,24+,25-,26+/m0/s1. The van der Waals surface area contributed by atoms with Crippen LogP contribution in [0.15, 0.2) is 72.8 Å². The first-order valence-corrected chi connectivity index (χ1v) is 18.2. The smallest absolute Gasteiger partial charge is 0.238 e. The van der Waals surface area contributed by atoms with Crippen LogP contribution >= 0.6 is 0 Å². The SMILES string of the molecule is O=C1[C@@H]2[C@H](C(=O)N1c1cccc(Oc3c(F)c(F)c(-c4c(F)c(F)c(Oc5cccc(N6C(=O)[C@@H]7[C@H](C6=O)[C@H]6C=C[C@H]7C6)c5)c(F)c4F)c(F)c3F)c1)[C@@H]1C=C[C@H]2C1. The molecule has 2 aliphatic heterocycles. The second kappa shape index (κ2) is 12.6. The van der Waals surface area contributed by atoms with Crippen LogP contribution in [0, 0.1) is 93.9 Å². The van der Waals surface area contributed by atoms with Gasteiger partial charge in [-0.05, 0) is 60.8 Å². The molecule has 2 saturated carbocycles. The van der Waals surface area contributed by atoms with Gasteiger partial charge in [-0.25, -0.2) is 27.4 Å². The molecule has 6 aliphatic rings. The van der Waals surface area contributed by atoms with E-state index in [4.69, 9.17) is 9.47 Å². The molecule has 4 aromatic rings. The van der Waals surface area contributed by atoms with Gasteiger partial charge in [0.05, 0.1) is 46.2 Å². The first kappa shape index (κ1) is 36.0. The third-order valence-corrected chi connectivity index (χ3v) is 12.2. The van der Waals surface area contributed by atoms with E-state index in [1.165, 1.54) is 24.3 Å². The summed E-state index contributed by atoms with van der Waals surface area (Å²) < 4.78 is 134. The van der Waals surface area contributed by atoms with Gasteiger partial charge in [0, 0.05) is 12.1 Å². The van der Waals surface area contributed by atoms with E-state index in [0.717, 1.165) is 34.1 Å². The molecule has 16 heteroatoms. The zero-order valence-electron chi connectivity index (χ0n) is 29.3. The number of hydrogen-bond acceptors (Lipinski definition) is 6. The molecule has 2 heterocycles. The van der Waals surface area contributed by atoms with Crippen molar-refractivity contribution in [2.24, 2.45) is 47.3 Å². The van der Waals surface area contributed by atoms with Crippen molar-refractivity contribution in [2.75, 3.05) is 9.80 Å². The lowest BCUT2D eigenvalue weighted by Crippen LogP contribution is -2.32. The van der Waals surface area contributed by atoms with Gasteiger partial charge in [-0.15, -0.1) is 0 Å². The van der Waals surface area contributed by atoms with E-state index in [9.17, 15) is 19.2 Å². The fraction of sp³-hybridized carbons (Fsp3) is 0.238. The van der Waals surface area contributed by atoms with Crippen LogP contribution in [0.2, 0.25) is 0 Å². The lowest BCUT2D eigenvalue weighted by molar-refractivity contribution is -0.124. The fourth-order valence-electron chi connectivity index (χ4n) is 9.76. The third kappa shape index (κ3) is 4.86. The fourth-order valence-corrected chi connectivity index (χ4v) is 9.76. The van der Waals surface area contributed by atoms with E-state index in [1.54, 1.807) is 0 Å². The van der Waals surface area contributed by atoms with Crippen molar-refractivity contribution in [2.45, 2.75) is 12.8 Å². The summed E-state index contributed by atoms with van der Waals surface area (Å²) in [5, 5.41) is 0. The van der Waals surface area contributed by atoms with Gasteiger partial charge < -0.3 is 9.47 Å². The van der Waals surface area contributed by atoms with Crippen molar-refractivity contribution in [3.05, 3.63) is 119 Å². The number of carbonyl (C=O) groups is 4. The van der Waals surface area contributed by atoms with Crippen molar-refractivity contribution < 1.29 is 63.8 Å². The van der Waals surface area contributed by atoms with Gasteiger partial charge in [0.15, 0.2) is 23.3 Å². The largest absolute Gasteiger partial charge is 0.451 e. The number of allylic oxidation sites excluding steroid dienone is 4. The van der Waals surface area contributed by atoms with E-state index >= 15 is 35.1 Å². The van der Waals surface area contributed by atoms with Crippen molar-refractivity contribution >= 4 is 35.0 Å². The van der Waals surface area contributed by atoms with E-state index in [-0.39, 0.29) is 35.0 Å². The number of halogens is 8. The summed E-state index contributed by atoms with van der Waals surface area (Å²) in [5.74, 6) is -28.8. The average Bonchev–Trinajstić information content (AvgIpc) is 4.08. The van der Waals surface area contributed by atoms with E-state index in [0.29, 0.717) is 12.8 Å². The Hall–Kier alpha value is -6.32. The Balaban J connectivity index is 0.938. The summed E-state index contributed by atoms with van der Waals surface area (Å²) in [6.07, 6.45) is 8.79. The van der Waals surface area contributed by atoms with Crippen molar-refractivity contribution in [3.63, 3.8) is 0 Å². The maximum Gasteiger partial charge on any atom is 0.238 e. The van der Waals surface area contributed by atoms with Crippen molar-refractivity contribution in [1.29, 1.82) is 0 Å². The summed E-state index contributed by atoms with van der Waals surface area (Å²) >= 11 is 0. The number of nitrogens with zero attached hydrogens (tertiary/aromatic N) is 2. The summed E-state index contributed by atoms with van der Waals surface area (Å²) in [6, 6.07) is 9.31. The summed E-state index contributed by atoms with van der Waals surface area (Å²) in [4.78, 5) is 54.7. The number of fused-ring (bicyclic) bond motifs is 10. The lowest BCUT2D eigenvalue weighted by Gasteiger charge is -2.19. The highest BCUT2D eigenvalue weighted by Crippen LogP contribution is 2.55. The second-order valence-electron chi connectivity index (χ2n) is 15.1. The first-order chi connectivity index (χ1) is 27.8. The highest BCUT2D eigenvalue weighted by atomic mass is 19.2. The van der Waals surface area contributed by atoms with Gasteiger partial charge in [-0.3, -0.25) is 19.2 Å². The molecule has 0 aromatic heterocycles. The molecule has 58 heavy (non-hydrogen) atoms. The van der Waals surface area contributed by atoms with Gasteiger partial charge in [0.2, 0.25) is 58.4 Å². The number of anilines is 2. The number of benzene rings is 4. The minimum absolute atomic E-state index is 0.0617. The minimum atomic E-state index is -2.49. The highest BCUT2D eigenvalue weighted by Gasteiger charge is 2.61. The molecular weight excluding hydrogens is 780 g/mol. The van der Waals surface area contributed by atoms with Crippen LogP contribution in [0.1, 0.15) is 12.8 Å². The van der Waals surface area contributed by atoms with Gasteiger partial charge in [-0.1, -0.05) is 36.4 Å². The van der Waals surface area contributed by atoms with Gasteiger partial charge >= 0.3 is 0 Å². The Morgan fingerprint density at radius 1 is 0.431 bits per heavy atom. The number of imide groups is 2. The first-order valence-electron chi connectivity index (χ1n) is 18.2. The molecule has 294 valence electrons. The Labute approximate surface area is 321 Å². The Kier molecular flexibility index (Phi) is 7.82. The lowest BCUT2D eigenvalue weighted by atomic mass is 9.85. The molecular formula is C42H24F8N2O6. The second-order valence-corrected chi connectivity index (χ2v) is 15.1. The number of amides is 4. The summed E-state index contributed by atoms with van der Waals surface area (Å²) in [7, 11) is 0. The minimum Gasteiger partial charge on any atom is -0.451 e. The van der Waals surface area contributed by atoms with E-state index in [1.807, 2.05) is 24.3 Å². The number of ether oxygens (including phenoxy) is 2. The van der Waals surface area contributed by atoms with Crippen molar-refractivity contribution in [3.8, 4) is 34.1 Å². The number of carbonyl (C=O) groups excluding carboxylic acids is 4. The molecule has 0 N–H and O–H groups in total. The quantitative estimate of drug-likeness (QED) is 0.0804. The molecule has 0 radical (unpaired) electrons. The molecule has 8 atom stereocenters. The predicted octanol–water partition coefficient (Wildman–Crippen LogP) is 8.67.